The zero-order valence-corrected chi connectivity index (χ0v) is 18.2. The van der Waals surface area contributed by atoms with Crippen molar-refractivity contribution in [2.45, 2.75) is 24.9 Å². The second-order valence-corrected chi connectivity index (χ2v) is 9.22. The van der Waals surface area contributed by atoms with E-state index in [0.29, 0.717) is 24.4 Å². The molecule has 2 aromatic carbocycles. The predicted molar refractivity (Wildman–Crippen MR) is 128 cm³/mol. The first kappa shape index (κ1) is 19.3. The molecule has 3 N–H and O–H groups in total. The van der Waals surface area contributed by atoms with Crippen LogP contribution in [0.25, 0.3) is 22.3 Å². The van der Waals surface area contributed by atoms with Gasteiger partial charge in [0.15, 0.2) is 0 Å². The molecule has 6 nitrogen and oxygen atoms in total. The van der Waals surface area contributed by atoms with E-state index in [9.17, 15) is 4.79 Å². The molecule has 0 saturated carbocycles. The number of amides is 1. The van der Waals surface area contributed by atoms with Crippen molar-refractivity contribution in [3.63, 3.8) is 0 Å². The van der Waals surface area contributed by atoms with Gasteiger partial charge in [-0.15, -0.1) is 0 Å². The van der Waals surface area contributed by atoms with Gasteiger partial charge in [-0.3, -0.25) is 9.69 Å². The lowest BCUT2D eigenvalue weighted by molar-refractivity contribution is 0.0946. The van der Waals surface area contributed by atoms with Crippen LogP contribution < -0.4 is 16.0 Å². The lowest BCUT2D eigenvalue weighted by Crippen LogP contribution is -2.44. The SMILES string of the molecule is CN1C[C@@H]2C[C@H]1CN2c1ccc(-c2cnc(N)c(-c3ccc4c(c3)CCNC4=O)c2)cc1. The number of aromatic nitrogens is 1. The Morgan fingerprint density at radius 3 is 2.53 bits per heavy atom. The molecule has 0 unspecified atom stereocenters. The zero-order chi connectivity index (χ0) is 21.8. The normalized spacial score (nSPS) is 22.2. The van der Waals surface area contributed by atoms with Gasteiger partial charge >= 0.3 is 0 Å². The van der Waals surface area contributed by atoms with Gasteiger partial charge in [0, 0.05) is 60.3 Å². The van der Waals surface area contributed by atoms with E-state index >= 15 is 0 Å². The summed E-state index contributed by atoms with van der Waals surface area (Å²) in [5.74, 6) is 0.499. The Hall–Kier alpha value is -3.38. The standard InChI is InChI=1S/C26H27N5O/c1-30-14-22-12-21(30)15-31(22)20-5-2-16(3-6-20)19-11-24(25(27)29-13-19)17-4-7-23-18(10-17)8-9-28-26(23)32/h2-7,10-11,13,21-22H,8-9,12,14-15H2,1H3,(H2,27,29)(H,28,32)/t21-,22-/m0/s1. The maximum atomic E-state index is 12.1. The molecule has 6 rings (SSSR count). The molecular formula is C26H27N5O. The highest BCUT2D eigenvalue weighted by Gasteiger charge is 2.41. The van der Waals surface area contributed by atoms with Gasteiger partial charge in [-0.05, 0) is 60.8 Å². The van der Waals surface area contributed by atoms with Gasteiger partial charge in [-0.2, -0.15) is 0 Å². The number of carbonyl (C=O) groups is 1. The number of nitrogens with one attached hydrogen (secondary N) is 1. The molecule has 2 atom stereocenters. The van der Waals surface area contributed by atoms with E-state index in [2.05, 4.69) is 63.5 Å². The van der Waals surface area contributed by atoms with Crippen LogP contribution in [0.15, 0.2) is 54.7 Å². The van der Waals surface area contributed by atoms with E-state index in [4.69, 9.17) is 5.73 Å². The molecule has 6 heteroatoms. The third kappa shape index (κ3) is 3.14. The first-order chi connectivity index (χ1) is 15.6. The number of nitrogens with zero attached hydrogens (tertiary/aromatic N) is 3. The Morgan fingerprint density at radius 1 is 0.969 bits per heavy atom. The molecule has 2 fully saturated rings. The highest BCUT2D eigenvalue weighted by atomic mass is 16.1. The van der Waals surface area contributed by atoms with Crippen LogP contribution >= 0.6 is 0 Å². The summed E-state index contributed by atoms with van der Waals surface area (Å²) >= 11 is 0. The number of carbonyl (C=O) groups excluding carboxylic acids is 1. The number of fused-ring (bicyclic) bond motifs is 3. The summed E-state index contributed by atoms with van der Waals surface area (Å²) in [4.78, 5) is 21.6. The Bertz CT molecular complexity index is 1200. The van der Waals surface area contributed by atoms with E-state index in [1.807, 2.05) is 18.3 Å². The van der Waals surface area contributed by atoms with E-state index < -0.39 is 0 Å². The van der Waals surface area contributed by atoms with Crippen molar-refractivity contribution in [3.05, 3.63) is 65.9 Å². The van der Waals surface area contributed by atoms with E-state index in [1.165, 1.54) is 12.1 Å². The minimum absolute atomic E-state index is 0.00407. The molecule has 3 aliphatic heterocycles. The lowest BCUT2D eigenvalue weighted by Gasteiger charge is -2.33. The topological polar surface area (TPSA) is 74.5 Å². The van der Waals surface area contributed by atoms with Gasteiger partial charge in [0.2, 0.25) is 0 Å². The van der Waals surface area contributed by atoms with E-state index in [1.54, 1.807) is 0 Å². The molecule has 1 aromatic heterocycles. The fourth-order valence-electron chi connectivity index (χ4n) is 5.49. The molecule has 162 valence electrons. The summed E-state index contributed by atoms with van der Waals surface area (Å²) in [5.41, 5.74) is 13.4. The summed E-state index contributed by atoms with van der Waals surface area (Å²) in [5, 5.41) is 2.89. The summed E-state index contributed by atoms with van der Waals surface area (Å²) in [7, 11) is 2.23. The second-order valence-electron chi connectivity index (χ2n) is 9.22. The van der Waals surface area contributed by atoms with Crippen LogP contribution in [0, 0.1) is 0 Å². The molecule has 1 amide bonds. The van der Waals surface area contributed by atoms with Crippen molar-refractivity contribution < 1.29 is 4.79 Å². The van der Waals surface area contributed by atoms with Crippen LogP contribution in [0.5, 0.6) is 0 Å². The Kier molecular flexibility index (Phi) is 4.43. The predicted octanol–water partition coefficient (Wildman–Crippen LogP) is 3.18. The number of likely N-dealkylation sites (tertiary alicyclic amines) is 1. The maximum absolute atomic E-state index is 12.1. The smallest absolute Gasteiger partial charge is 0.251 e. The van der Waals surface area contributed by atoms with Crippen LogP contribution in [0.4, 0.5) is 11.5 Å². The number of pyridine rings is 1. The number of nitrogens with two attached hydrogens (primary N) is 1. The number of hydrogen-bond acceptors (Lipinski definition) is 5. The molecule has 0 aliphatic carbocycles. The van der Waals surface area contributed by atoms with Gasteiger partial charge in [0.1, 0.15) is 5.82 Å². The Morgan fingerprint density at radius 2 is 1.78 bits per heavy atom. The number of piperazine rings is 1. The van der Waals surface area contributed by atoms with Gasteiger partial charge in [0.25, 0.3) is 5.91 Å². The summed E-state index contributed by atoms with van der Waals surface area (Å²) in [6.07, 6.45) is 3.94. The van der Waals surface area contributed by atoms with Crippen molar-refractivity contribution in [2.24, 2.45) is 0 Å². The zero-order valence-electron chi connectivity index (χ0n) is 18.2. The third-order valence-corrected chi connectivity index (χ3v) is 7.31. The van der Waals surface area contributed by atoms with Crippen LogP contribution in [0.2, 0.25) is 0 Å². The fourth-order valence-corrected chi connectivity index (χ4v) is 5.49. The van der Waals surface area contributed by atoms with E-state index in [-0.39, 0.29) is 5.91 Å². The van der Waals surface area contributed by atoms with E-state index in [0.717, 1.165) is 52.9 Å². The molecule has 0 spiro atoms. The highest BCUT2D eigenvalue weighted by Crippen LogP contribution is 2.36. The van der Waals surface area contributed by atoms with Crippen molar-refractivity contribution in [2.75, 3.05) is 37.3 Å². The fraction of sp³-hybridized carbons (Fsp3) is 0.308. The lowest BCUT2D eigenvalue weighted by atomic mass is 9.94. The maximum Gasteiger partial charge on any atom is 0.251 e. The molecule has 3 aliphatic rings. The van der Waals surface area contributed by atoms with Crippen LogP contribution in [-0.2, 0) is 6.42 Å². The van der Waals surface area contributed by atoms with Crippen LogP contribution in [0.1, 0.15) is 22.3 Å². The van der Waals surface area contributed by atoms with Crippen LogP contribution in [-0.4, -0.2) is 54.6 Å². The Balaban J connectivity index is 1.29. The second kappa shape index (κ2) is 7.35. The number of hydrogen-bond donors (Lipinski definition) is 2. The van der Waals surface area contributed by atoms with Crippen molar-refractivity contribution >= 4 is 17.4 Å². The number of nitrogen functional groups attached to an aromatic ring is 1. The first-order valence-corrected chi connectivity index (χ1v) is 11.3. The van der Waals surface area contributed by atoms with Gasteiger partial charge in [-0.1, -0.05) is 24.3 Å². The summed E-state index contributed by atoms with van der Waals surface area (Å²) in [6.45, 7) is 2.94. The number of anilines is 2. The number of likely N-dealkylation sites (N-methyl/N-ethyl adjacent to an activating group) is 1. The average molecular weight is 426 g/mol. The third-order valence-electron chi connectivity index (χ3n) is 7.31. The van der Waals surface area contributed by atoms with Crippen molar-refractivity contribution in [3.8, 4) is 22.3 Å². The number of benzene rings is 2. The average Bonchev–Trinajstić information content (AvgIpc) is 3.39. The van der Waals surface area contributed by atoms with Crippen molar-refractivity contribution in [1.82, 2.24) is 15.2 Å². The molecule has 2 saturated heterocycles. The van der Waals surface area contributed by atoms with Crippen LogP contribution in [0.3, 0.4) is 0 Å². The first-order valence-electron chi connectivity index (χ1n) is 11.3. The molecule has 32 heavy (non-hydrogen) atoms. The summed E-state index contributed by atoms with van der Waals surface area (Å²) < 4.78 is 0. The minimum Gasteiger partial charge on any atom is -0.383 e. The van der Waals surface area contributed by atoms with Gasteiger partial charge < -0.3 is 16.0 Å². The molecule has 0 radical (unpaired) electrons. The van der Waals surface area contributed by atoms with Crippen molar-refractivity contribution in [1.29, 1.82) is 0 Å². The monoisotopic (exact) mass is 425 g/mol. The molecule has 3 aromatic rings. The Labute approximate surface area is 188 Å². The number of rotatable bonds is 3. The molecule has 4 heterocycles. The van der Waals surface area contributed by atoms with Gasteiger partial charge in [0.05, 0.1) is 0 Å². The quantitative estimate of drug-likeness (QED) is 0.674. The largest absolute Gasteiger partial charge is 0.383 e. The summed E-state index contributed by atoms with van der Waals surface area (Å²) in [6, 6.07) is 18.2. The molecular weight excluding hydrogens is 398 g/mol. The minimum atomic E-state index is -0.00407. The highest BCUT2D eigenvalue weighted by molar-refractivity contribution is 5.97. The molecule has 2 bridgehead atoms. The van der Waals surface area contributed by atoms with Gasteiger partial charge in [-0.25, -0.2) is 4.98 Å².